The molecule has 1 aromatic rings. The molecule has 1 aliphatic rings. The van der Waals surface area contributed by atoms with Gasteiger partial charge in [0.1, 0.15) is 5.88 Å². The Kier molecular flexibility index (Phi) is 3.21. The second kappa shape index (κ2) is 4.62. The number of hydrogen-bond donors (Lipinski definition) is 0. The number of pyridine rings is 1. The van der Waals surface area contributed by atoms with Crippen LogP contribution in [-0.2, 0) is 4.79 Å². The summed E-state index contributed by atoms with van der Waals surface area (Å²) < 4.78 is 0. The maximum Gasteiger partial charge on any atom is 0.238 e. The zero-order valence-electron chi connectivity index (χ0n) is 8.40. The van der Waals surface area contributed by atoms with Gasteiger partial charge in [0.05, 0.1) is 11.7 Å². The quantitative estimate of drug-likeness (QED) is 0.720. The van der Waals surface area contributed by atoms with Crippen LogP contribution in [0.25, 0.3) is 0 Å². The topological polar surface area (TPSA) is 33.2 Å². The molecule has 1 amide bonds. The van der Waals surface area contributed by atoms with Crippen LogP contribution < -0.4 is 0 Å². The largest absolute Gasteiger partial charge is 0.333 e. The number of halogens is 1. The number of hydrogen-bond acceptors (Lipinski definition) is 2. The van der Waals surface area contributed by atoms with Gasteiger partial charge in [-0.3, -0.25) is 9.78 Å². The standard InChI is InChI=1S/C11H13ClN2O/c12-8-11(15)14-7-3-5-10(14)9-4-1-2-6-13-9/h1-2,4,6,10H,3,5,7-8H2. The molecule has 1 aromatic heterocycles. The van der Waals surface area contributed by atoms with Crippen molar-refractivity contribution in [1.29, 1.82) is 0 Å². The number of carbonyl (C=O) groups excluding carboxylic acids is 1. The fourth-order valence-electron chi connectivity index (χ4n) is 2.02. The van der Waals surface area contributed by atoms with Crippen molar-refractivity contribution >= 4 is 17.5 Å². The maximum absolute atomic E-state index is 11.6. The minimum atomic E-state index is 0.00446. The molecule has 1 atom stereocenters. The Morgan fingerprint density at radius 3 is 3.13 bits per heavy atom. The van der Waals surface area contributed by atoms with Crippen LogP contribution >= 0.6 is 11.6 Å². The molecule has 80 valence electrons. The summed E-state index contributed by atoms with van der Waals surface area (Å²) in [5.41, 5.74) is 0.966. The van der Waals surface area contributed by atoms with Crippen molar-refractivity contribution in [3.8, 4) is 0 Å². The van der Waals surface area contributed by atoms with E-state index in [2.05, 4.69) is 4.98 Å². The Hall–Kier alpha value is -1.09. The van der Waals surface area contributed by atoms with E-state index < -0.39 is 0 Å². The van der Waals surface area contributed by atoms with Crippen LogP contribution in [0.15, 0.2) is 24.4 Å². The first-order valence-corrected chi connectivity index (χ1v) is 5.62. The van der Waals surface area contributed by atoms with Crippen LogP contribution in [0.4, 0.5) is 0 Å². The number of likely N-dealkylation sites (tertiary alicyclic amines) is 1. The molecule has 0 saturated carbocycles. The Bertz CT molecular complexity index is 342. The summed E-state index contributed by atoms with van der Waals surface area (Å²) >= 11 is 5.57. The highest BCUT2D eigenvalue weighted by atomic mass is 35.5. The second-order valence-corrected chi connectivity index (χ2v) is 3.90. The molecule has 0 bridgehead atoms. The van der Waals surface area contributed by atoms with Crippen molar-refractivity contribution in [2.24, 2.45) is 0 Å². The molecule has 0 spiro atoms. The summed E-state index contributed by atoms with van der Waals surface area (Å²) in [7, 11) is 0. The van der Waals surface area contributed by atoms with Gasteiger partial charge in [-0.1, -0.05) is 6.07 Å². The third kappa shape index (κ3) is 2.12. The van der Waals surface area contributed by atoms with Gasteiger partial charge in [-0.25, -0.2) is 0 Å². The van der Waals surface area contributed by atoms with E-state index >= 15 is 0 Å². The summed E-state index contributed by atoms with van der Waals surface area (Å²) in [4.78, 5) is 17.7. The fourth-order valence-corrected chi connectivity index (χ4v) is 2.18. The predicted octanol–water partition coefficient (Wildman–Crippen LogP) is 1.98. The molecule has 1 fully saturated rings. The zero-order chi connectivity index (χ0) is 10.7. The van der Waals surface area contributed by atoms with Crippen LogP contribution in [0.3, 0.4) is 0 Å². The molecule has 1 aliphatic heterocycles. The summed E-state index contributed by atoms with van der Waals surface area (Å²) in [5.74, 6) is 0.0633. The molecular weight excluding hydrogens is 212 g/mol. The van der Waals surface area contributed by atoms with E-state index in [0.29, 0.717) is 0 Å². The minimum Gasteiger partial charge on any atom is -0.333 e. The van der Waals surface area contributed by atoms with E-state index in [0.717, 1.165) is 25.1 Å². The van der Waals surface area contributed by atoms with Crippen molar-refractivity contribution in [2.45, 2.75) is 18.9 Å². The number of rotatable bonds is 2. The first-order chi connectivity index (χ1) is 7.33. The van der Waals surface area contributed by atoms with Gasteiger partial charge in [-0.05, 0) is 25.0 Å². The molecular formula is C11H13ClN2O. The van der Waals surface area contributed by atoms with Gasteiger partial charge in [-0.15, -0.1) is 11.6 Å². The van der Waals surface area contributed by atoms with Gasteiger partial charge in [0.25, 0.3) is 0 Å². The highest BCUT2D eigenvalue weighted by Crippen LogP contribution is 2.30. The third-order valence-electron chi connectivity index (χ3n) is 2.72. The van der Waals surface area contributed by atoms with Crippen molar-refractivity contribution in [1.82, 2.24) is 9.88 Å². The van der Waals surface area contributed by atoms with E-state index in [1.54, 1.807) is 6.20 Å². The third-order valence-corrected chi connectivity index (χ3v) is 2.95. The first kappa shape index (κ1) is 10.4. The molecule has 1 saturated heterocycles. The van der Waals surface area contributed by atoms with Gasteiger partial charge >= 0.3 is 0 Å². The van der Waals surface area contributed by atoms with Gasteiger partial charge in [0, 0.05) is 12.7 Å². The lowest BCUT2D eigenvalue weighted by atomic mass is 10.1. The van der Waals surface area contributed by atoms with Crippen LogP contribution in [0.2, 0.25) is 0 Å². The summed E-state index contributed by atoms with van der Waals surface area (Å²) in [5, 5.41) is 0. The van der Waals surface area contributed by atoms with Gasteiger partial charge in [0.15, 0.2) is 0 Å². The summed E-state index contributed by atoms with van der Waals surface area (Å²) in [6.45, 7) is 0.798. The van der Waals surface area contributed by atoms with Crippen LogP contribution in [0.1, 0.15) is 24.6 Å². The van der Waals surface area contributed by atoms with E-state index in [4.69, 9.17) is 11.6 Å². The van der Waals surface area contributed by atoms with Crippen LogP contribution in [0, 0.1) is 0 Å². The van der Waals surface area contributed by atoms with Gasteiger partial charge in [0.2, 0.25) is 5.91 Å². The van der Waals surface area contributed by atoms with Gasteiger partial charge < -0.3 is 4.90 Å². The van der Waals surface area contributed by atoms with E-state index in [1.165, 1.54) is 0 Å². The van der Waals surface area contributed by atoms with Crippen molar-refractivity contribution in [3.05, 3.63) is 30.1 Å². The smallest absolute Gasteiger partial charge is 0.238 e. The summed E-state index contributed by atoms with van der Waals surface area (Å²) in [6.07, 6.45) is 3.78. The summed E-state index contributed by atoms with van der Waals surface area (Å²) in [6, 6.07) is 5.91. The molecule has 0 aliphatic carbocycles. The van der Waals surface area contributed by atoms with Crippen molar-refractivity contribution in [2.75, 3.05) is 12.4 Å². The SMILES string of the molecule is O=C(CCl)N1CCCC1c1ccccn1. The number of alkyl halides is 1. The molecule has 1 unspecified atom stereocenters. The van der Waals surface area contributed by atoms with Gasteiger partial charge in [-0.2, -0.15) is 0 Å². The molecule has 0 N–H and O–H groups in total. The highest BCUT2D eigenvalue weighted by Gasteiger charge is 2.29. The predicted molar refractivity (Wildman–Crippen MR) is 58.6 cm³/mol. The second-order valence-electron chi connectivity index (χ2n) is 3.63. The highest BCUT2D eigenvalue weighted by molar-refractivity contribution is 6.27. The molecule has 0 radical (unpaired) electrons. The number of aromatic nitrogens is 1. The monoisotopic (exact) mass is 224 g/mol. The average Bonchev–Trinajstić information content (AvgIpc) is 2.78. The van der Waals surface area contributed by atoms with E-state index in [1.807, 2.05) is 23.1 Å². The van der Waals surface area contributed by atoms with Crippen LogP contribution in [0.5, 0.6) is 0 Å². The Labute approximate surface area is 94.1 Å². The molecule has 2 heterocycles. The molecule has 2 rings (SSSR count). The maximum atomic E-state index is 11.6. The average molecular weight is 225 g/mol. The Balaban J connectivity index is 2.18. The lowest BCUT2D eigenvalue weighted by Gasteiger charge is -2.23. The number of nitrogens with zero attached hydrogens (tertiary/aromatic N) is 2. The fraction of sp³-hybridized carbons (Fsp3) is 0.455. The van der Waals surface area contributed by atoms with Crippen LogP contribution in [-0.4, -0.2) is 28.2 Å². The lowest BCUT2D eigenvalue weighted by Crippen LogP contribution is -2.31. The van der Waals surface area contributed by atoms with Crippen molar-refractivity contribution in [3.63, 3.8) is 0 Å². The van der Waals surface area contributed by atoms with E-state index in [-0.39, 0.29) is 17.8 Å². The molecule has 15 heavy (non-hydrogen) atoms. The zero-order valence-corrected chi connectivity index (χ0v) is 9.15. The van der Waals surface area contributed by atoms with E-state index in [9.17, 15) is 4.79 Å². The van der Waals surface area contributed by atoms with Crippen molar-refractivity contribution < 1.29 is 4.79 Å². The number of carbonyl (C=O) groups is 1. The normalized spacial score (nSPS) is 20.6. The molecule has 4 heteroatoms. The molecule has 3 nitrogen and oxygen atoms in total. The molecule has 0 aromatic carbocycles. The lowest BCUT2D eigenvalue weighted by molar-refractivity contribution is -0.129. The minimum absolute atomic E-state index is 0.00446. The number of amides is 1. The Morgan fingerprint density at radius 1 is 1.60 bits per heavy atom. The Morgan fingerprint density at radius 2 is 2.47 bits per heavy atom. The first-order valence-electron chi connectivity index (χ1n) is 5.09.